The zero-order chi connectivity index (χ0) is 17.9. The van der Waals surface area contributed by atoms with Crippen molar-refractivity contribution in [2.75, 3.05) is 25.5 Å². The van der Waals surface area contributed by atoms with E-state index in [4.69, 9.17) is 5.73 Å². The molecule has 0 saturated heterocycles. The first-order valence-corrected chi connectivity index (χ1v) is 7.30. The number of hydrogen-bond acceptors (Lipinski definition) is 6. The summed E-state index contributed by atoms with van der Waals surface area (Å²) in [5, 5.41) is 5.19. The van der Waals surface area contributed by atoms with Crippen LogP contribution in [0.4, 0.5) is 5.82 Å². The zero-order valence-corrected chi connectivity index (χ0v) is 13.6. The van der Waals surface area contributed by atoms with Crippen LogP contribution in [0.1, 0.15) is 35.8 Å². The molecule has 0 spiro atoms. The number of nitrogens with one attached hydrogen (secondary N) is 2. The molecule has 1 heterocycles. The molecule has 0 aliphatic carbocycles. The lowest BCUT2D eigenvalue weighted by molar-refractivity contribution is -0.119. The molecule has 0 fully saturated rings. The first kappa shape index (κ1) is 19.1. The van der Waals surface area contributed by atoms with Crippen LogP contribution in [0.15, 0.2) is 12.1 Å². The smallest absolute Gasteiger partial charge is 0.358 e. The van der Waals surface area contributed by atoms with Crippen molar-refractivity contribution in [3.63, 3.8) is 0 Å². The Kier molecular flexibility index (Phi) is 7.94. The fourth-order valence-electron chi connectivity index (χ4n) is 1.75. The second kappa shape index (κ2) is 9.97. The molecule has 0 aromatic carbocycles. The summed E-state index contributed by atoms with van der Waals surface area (Å²) in [5.41, 5.74) is 5.69. The van der Waals surface area contributed by atoms with E-state index in [1.54, 1.807) is 12.1 Å². The van der Waals surface area contributed by atoms with Crippen molar-refractivity contribution in [1.29, 1.82) is 0 Å². The molecule has 128 valence electrons. The van der Waals surface area contributed by atoms with Gasteiger partial charge in [-0.25, -0.2) is 9.78 Å². The normalized spacial score (nSPS) is 9.46. The van der Waals surface area contributed by atoms with E-state index in [1.165, 1.54) is 14.0 Å². The molecular formula is C16H20N4O4. The highest BCUT2D eigenvalue weighted by Gasteiger charge is 2.14. The molecule has 8 nitrogen and oxygen atoms in total. The Morgan fingerprint density at radius 1 is 1.33 bits per heavy atom. The molecule has 2 amide bonds. The summed E-state index contributed by atoms with van der Waals surface area (Å²) in [5.74, 6) is 4.51. The molecule has 0 unspecified atom stereocenters. The highest BCUT2D eigenvalue weighted by atomic mass is 16.5. The summed E-state index contributed by atoms with van der Waals surface area (Å²) in [6, 6.07) is 3.10. The monoisotopic (exact) mass is 332 g/mol. The number of esters is 1. The number of nitrogens with zero attached hydrogens (tertiary/aromatic N) is 1. The fraction of sp³-hybridized carbons (Fsp3) is 0.375. The largest absolute Gasteiger partial charge is 0.464 e. The van der Waals surface area contributed by atoms with E-state index in [1.807, 2.05) is 0 Å². The summed E-state index contributed by atoms with van der Waals surface area (Å²) >= 11 is 0. The van der Waals surface area contributed by atoms with Crippen molar-refractivity contribution >= 4 is 23.6 Å². The number of nitrogens with two attached hydrogens (primary N) is 1. The van der Waals surface area contributed by atoms with Crippen molar-refractivity contribution in [2.24, 2.45) is 5.73 Å². The van der Waals surface area contributed by atoms with Gasteiger partial charge in [0.05, 0.1) is 19.2 Å². The van der Waals surface area contributed by atoms with Gasteiger partial charge in [0.1, 0.15) is 5.82 Å². The maximum atomic E-state index is 11.8. The molecule has 4 N–H and O–H groups in total. The third-order valence-electron chi connectivity index (χ3n) is 2.82. The Morgan fingerprint density at radius 2 is 2.08 bits per heavy atom. The summed E-state index contributed by atoms with van der Waals surface area (Å²) in [6.45, 7) is 1.97. The number of carbonyl (C=O) groups excluding carboxylic acids is 3. The van der Waals surface area contributed by atoms with Crippen LogP contribution in [0, 0.1) is 11.8 Å². The number of amides is 2. The van der Waals surface area contributed by atoms with Crippen LogP contribution in [0.5, 0.6) is 0 Å². The van der Waals surface area contributed by atoms with E-state index in [9.17, 15) is 14.4 Å². The molecule has 1 aromatic rings. The number of ether oxygens (including phenoxy) is 1. The maximum Gasteiger partial charge on any atom is 0.358 e. The Labute approximate surface area is 140 Å². The van der Waals surface area contributed by atoms with E-state index in [0.29, 0.717) is 18.5 Å². The molecule has 0 atom stereocenters. The third kappa shape index (κ3) is 6.46. The van der Waals surface area contributed by atoms with E-state index in [-0.39, 0.29) is 36.3 Å². The van der Waals surface area contributed by atoms with Crippen LogP contribution in [-0.2, 0) is 14.3 Å². The third-order valence-corrected chi connectivity index (χ3v) is 2.82. The minimum atomic E-state index is -0.655. The van der Waals surface area contributed by atoms with Crippen LogP contribution in [0.3, 0.4) is 0 Å². The van der Waals surface area contributed by atoms with Gasteiger partial charge in [0.25, 0.3) is 0 Å². The molecule has 1 aromatic heterocycles. The number of anilines is 1. The fourth-order valence-corrected chi connectivity index (χ4v) is 1.75. The predicted molar refractivity (Wildman–Crippen MR) is 88.1 cm³/mol. The number of methoxy groups -OCH3 is 1. The summed E-state index contributed by atoms with van der Waals surface area (Å²) < 4.78 is 4.67. The van der Waals surface area contributed by atoms with Gasteiger partial charge in [-0.3, -0.25) is 9.59 Å². The topological polar surface area (TPSA) is 123 Å². The lowest BCUT2D eigenvalue weighted by Gasteiger charge is -2.08. The second-order valence-corrected chi connectivity index (χ2v) is 4.72. The average Bonchev–Trinajstić information content (AvgIpc) is 2.56. The first-order chi connectivity index (χ1) is 11.5. The van der Waals surface area contributed by atoms with Gasteiger partial charge in [-0.05, 0) is 18.6 Å². The second-order valence-electron chi connectivity index (χ2n) is 4.72. The van der Waals surface area contributed by atoms with Crippen LogP contribution in [-0.4, -0.2) is 43.0 Å². The van der Waals surface area contributed by atoms with Crippen molar-refractivity contribution in [3.05, 3.63) is 23.4 Å². The van der Waals surface area contributed by atoms with Crippen molar-refractivity contribution in [3.8, 4) is 11.8 Å². The molecule has 0 aliphatic heterocycles. The molecular weight excluding hydrogens is 312 g/mol. The summed E-state index contributed by atoms with van der Waals surface area (Å²) in [4.78, 5) is 38.4. The minimum Gasteiger partial charge on any atom is -0.464 e. The van der Waals surface area contributed by atoms with Gasteiger partial charge in [0.2, 0.25) is 11.8 Å². The molecule has 0 radical (unpaired) electrons. The quantitative estimate of drug-likeness (QED) is 0.384. The van der Waals surface area contributed by atoms with Crippen molar-refractivity contribution < 1.29 is 19.1 Å². The number of pyridine rings is 1. The van der Waals surface area contributed by atoms with Crippen LogP contribution >= 0.6 is 0 Å². The molecule has 0 bridgehead atoms. The highest BCUT2D eigenvalue weighted by Crippen LogP contribution is 2.12. The molecule has 24 heavy (non-hydrogen) atoms. The van der Waals surface area contributed by atoms with Gasteiger partial charge in [0.15, 0.2) is 5.69 Å². The Bertz CT molecular complexity index is 676. The molecule has 1 rings (SSSR count). The number of carbonyl (C=O) groups is 3. The van der Waals surface area contributed by atoms with Gasteiger partial charge in [-0.2, -0.15) is 0 Å². The number of hydrogen-bond donors (Lipinski definition) is 3. The first-order valence-electron chi connectivity index (χ1n) is 7.30. The van der Waals surface area contributed by atoms with Crippen LogP contribution in [0.2, 0.25) is 0 Å². The van der Waals surface area contributed by atoms with E-state index in [2.05, 4.69) is 32.2 Å². The minimum absolute atomic E-state index is 0.00879. The highest BCUT2D eigenvalue weighted by molar-refractivity contribution is 5.93. The molecule has 0 saturated carbocycles. The standard InChI is InChI=1S/C16H20N4O4/c1-11(21)18-10-4-6-14(22)19-13-8-7-12(5-3-9-17)15(20-13)16(23)24-2/h7-8H,4,6,9-10,17H2,1-2H3,(H,18,21)(H,19,20,22). The van der Waals surface area contributed by atoms with Crippen molar-refractivity contribution in [2.45, 2.75) is 19.8 Å². The molecule has 8 heteroatoms. The molecule has 0 aliphatic rings. The maximum absolute atomic E-state index is 11.8. The Hall–Kier alpha value is -2.92. The van der Waals surface area contributed by atoms with Crippen molar-refractivity contribution in [1.82, 2.24) is 10.3 Å². The summed E-state index contributed by atoms with van der Waals surface area (Å²) in [6.07, 6.45) is 0.708. The van der Waals surface area contributed by atoms with E-state index < -0.39 is 5.97 Å². The Morgan fingerprint density at radius 3 is 2.71 bits per heavy atom. The van der Waals surface area contributed by atoms with Crippen LogP contribution in [0.25, 0.3) is 0 Å². The lowest BCUT2D eigenvalue weighted by Crippen LogP contribution is -2.22. The van der Waals surface area contributed by atoms with Crippen LogP contribution < -0.4 is 16.4 Å². The van der Waals surface area contributed by atoms with Gasteiger partial charge >= 0.3 is 5.97 Å². The van der Waals surface area contributed by atoms with E-state index in [0.717, 1.165) is 0 Å². The number of aromatic nitrogens is 1. The number of rotatable bonds is 6. The lowest BCUT2D eigenvalue weighted by atomic mass is 10.2. The van der Waals surface area contributed by atoms with Gasteiger partial charge in [0, 0.05) is 19.9 Å². The van der Waals surface area contributed by atoms with Gasteiger partial charge in [-0.15, -0.1) is 0 Å². The summed E-state index contributed by atoms with van der Waals surface area (Å²) in [7, 11) is 1.23. The average molecular weight is 332 g/mol. The van der Waals surface area contributed by atoms with Gasteiger partial charge in [-0.1, -0.05) is 11.8 Å². The van der Waals surface area contributed by atoms with Gasteiger partial charge < -0.3 is 21.1 Å². The predicted octanol–water partition coefficient (Wildman–Crippen LogP) is 0.0332. The Balaban J connectivity index is 2.76. The zero-order valence-electron chi connectivity index (χ0n) is 13.6. The van der Waals surface area contributed by atoms with E-state index >= 15 is 0 Å². The SMILES string of the molecule is COC(=O)c1nc(NC(=O)CCCNC(C)=O)ccc1C#CCN.